The van der Waals surface area contributed by atoms with E-state index in [1.54, 1.807) is 18.2 Å². The maximum atomic E-state index is 11.7. The molecule has 0 aromatic heterocycles. The SMILES string of the molecule is COC(=O)c1cccc(C(=O)OC)c1CC1CO1. The van der Waals surface area contributed by atoms with Gasteiger partial charge in [0.25, 0.3) is 0 Å². The first-order valence-electron chi connectivity index (χ1n) is 5.57. The van der Waals surface area contributed by atoms with Crippen molar-refractivity contribution in [2.75, 3.05) is 20.8 Å². The number of hydrogen-bond donors (Lipinski definition) is 0. The molecule has 5 nitrogen and oxygen atoms in total. The third kappa shape index (κ3) is 2.51. The van der Waals surface area contributed by atoms with E-state index in [1.165, 1.54) is 14.2 Å². The normalized spacial score (nSPS) is 17.1. The number of methoxy groups -OCH3 is 2. The molecule has 0 spiro atoms. The minimum atomic E-state index is -0.462. The Labute approximate surface area is 105 Å². The molecule has 0 aliphatic carbocycles. The van der Waals surface area contributed by atoms with Gasteiger partial charge in [-0.15, -0.1) is 0 Å². The van der Waals surface area contributed by atoms with E-state index in [9.17, 15) is 9.59 Å². The summed E-state index contributed by atoms with van der Waals surface area (Å²) in [6, 6.07) is 4.90. The highest BCUT2D eigenvalue weighted by Crippen LogP contribution is 2.23. The summed E-state index contributed by atoms with van der Waals surface area (Å²) in [7, 11) is 2.62. The van der Waals surface area contributed by atoms with Crippen molar-refractivity contribution >= 4 is 11.9 Å². The topological polar surface area (TPSA) is 65.1 Å². The lowest BCUT2D eigenvalue weighted by Gasteiger charge is -2.11. The minimum Gasteiger partial charge on any atom is -0.465 e. The van der Waals surface area contributed by atoms with Crippen LogP contribution in [-0.4, -0.2) is 38.9 Å². The van der Waals surface area contributed by atoms with Crippen molar-refractivity contribution in [1.29, 1.82) is 0 Å². The van der Waals surface area contributed by atoms with E-state index in [0.717, 1.165) is 0 Å². The van der Waals surface area contributed by atoms with Gasteiger partial charge in [0.1, 0.15) is 0 Å². The lowest BCUT2D eigenvalue weighted by atomic mass is 9.97. The molecule has 1 aliphatic rings. The summed E-state index contributed by atoms with van der Waals surface area (Å²) in [5.41, 5.74) is 1.39. The van der Waals surface area contributed by atoms with Gasteiger partial charge in [-0.1, -0.05) is 6.07 Å². The van der Waals surface area contributed by atoms with Crippen molar-refractivity contribution in [2.45, 2.75) is 12.5 Å². The number of epoxide rings is 1. The zero-order valence-electron chi connectivity index (χ0n) is 10.3. The maximum absolute atomic E-state index is 11.7. The van der Waals surface area contributed by atoms with Crippen LogP contribution < -0.4 is 0 Å². The molecule has 1 heterocycles. The van der Waals surface area contributed by atoms with Crippen molar-refractivity contribution in [3.05, 3.63) is 34.9 Å². The zero-order valence-corrected chi connectivity index (χ0v) is 10.3. The molecule has 0 N–H and O–H groups in total. The summed E-state index contributed by atoms with van der Waals surface area (Å²) in [6.45, 7) is 0.649. The van der Waals surface area contributed by atoms with Gasteiger partial charge < -0.3 is 14.2 Å². The molecular weight excluding hydrogens is 236 g/mol. The summed E-state index contributed by atoms with van der Waals surface area (Å²) in [6.07, 6.45) is 0.578. The van der Waals surface area contributed by atoms with Crippen molar-refractivity contribution < 1.29 is 23.8 Å². The molecule has 1 unspecified atom stereocenters. The Kier molecular flexibility index (Phi) is 3.62. The van der Waals surface area contributed by atoms with Gasteiger partial charge in [-0.2, -0.15) is 0 Å². The van der Waals surface area contributed by atoms with E-state index in [0.29, 0.717) is 29.7 Å². The van der Waals surface area contributed by atoms with Crippen LogP contribution in [0.5, 0.6) is 0 Å². The predicted octanol–water partition coefficient (Wildman–Crippen LogP) is 1.20. The maximum Gasteiger partial charge on any atom is 0.338 e. The molecule has 0 bridgehead atoms. The Hall–Kier alpha value is -1.88. The average Bonchev–Trinajstić information content (AvgIpc) is 3.21. The van der Waals surface area contributed by atoms with Crippen molar-refractivity contribution in [2.24, 2.45) is 0 Å². The molecule has 5 heteroatoms. The van der Waals surface area contributed by atoms with Gasteiger partial charge in [-0.25, -0.2) is 9.59 Å². The van der Waals surface area contributed by atoms with Gasteiger partial charge in [-0.3, -0.25) is 0 Å². The van der Waals surface area contributed by atoms with E-state index >= 15 is 0 Å². The molecule has 2 rings (SSSR count). The lowest BCUT2D eigenvalue weighted by Crippen LogP contribution is -2.14. The lowest BCUT2D eigenvalue weighted by molar-refractivity contribution is 0.0596. The van der Waals surface area contributed by atoms with Crippen LogP contribution in [-0.2, 0) is 20.6 Å². The Balaban J connectivity index is 2.44. The van der Waals surface area contributed by atoms with Crippen molar-refractivity contribution in [3.63, 3.8) is 0 Å². The van der Waals surface area contributed by atoms with Gasteiger partial charge in [-0.05, 0) is 17.7 Å². The molecule has 1 aromatic rings. The molecule has 0 amide bonds. The number of hydrogen-bond acceptors (Lipinski definition) is 5. The van der Waals surface area contributed by atoms with Crippen LogP contribution in [0.2, 0.25) is 0 Å². The number of esters is 2. The number of carbonyl (C=O) groups is 2. The van der Waals surface area contributed by atoms with Gasteiger partial charge in [0, 0.05) is 6.42 Å². The summed E-state index contributed by atoms with van der Waals surface area (Å²) in [4.78, 5) is 23.4. The fraction of sp³-hybridized carbons (Fsp3) is 0.385. The van der Waals surface area contributed by atoms with Gasteiger partial charge in [0.2, 0.25) is 0 Å². The number of ether oxygens (including phenoxy) is 3. The molecule has 1 aromatic carbocycles. The molecule has 96 valence electrons. The van der Waals surface area contributed by atoms with E-state index in [4.69, 9.17) is 14.2 Å². The molecule has 1 aliphatic heterocycles. The highest BCUT2D eigenvalue weighted by molar-refractivity contribution is 5.98. The summed E-state index contributed by atoms with van der Waals surface area (Å²) in [5.74, 6) is -0.923. The standard InChI is InChI=1S/C13H14O5/c1-16-12(14)9-4-3-5-10(13(15)17-2)11(9)6-8-7-18-8/h3-5,8H,6-7H2,1-2H3. The highest BCUT2D eigenvalue weighted by Gasteiger charge is 2.28. The monoisotopic (exact) mass is 250 g/mol. The summed E-state index contributed by atoms with van der Waals surface area (Å²) >= 11 is 0. The molecular formula is C13H14O5. The van der Waals surface area contributed by atoms with E-state index in [1.807, 2.05) is 0 Å². The fourth-order valence-electron chi connectivity index (χ4n) is 1.82. The van der Waals surface area contributed by atoms with Crippen LogP contribution in [0.1, 0.15) is 26.3 Å². The van der Waals surface area contributed by atoms with Gasteiger partial charge >= 0.3 is 11.9 Å². The predicted molar refractivity (Wildman–Crippen MR) is 62.6 cm³/mol. The molecule has 1 fully saturated rings. The number of rotatable bonds is 4. The second kappa shape index (κ2) is 5.18. The van der Waals surface area contributed by atoms with Crippen molar-refractivity contribution in [1.82, 2.24) is 0 Å². The second-order valence-corrected chi connectivity index (χ2v) is 3.97. The van der Waals surface area contributed by atoms with Crippen LogP contribution >= 0.6 is 0 Å². The van der Waals surface area contributed by atoms with E-state index in [2.05, 4.69) is 0 Å². The largest absolute Gasteiger partial charge is 0.465 e. The smallest absolute Gasteiger partial charge is 0.338 e. The first-order chi connectivity index (χ1) is 8.67. The summed E-state index contributed by atoms with van der Waals surface area (Å²) < 4.78 is 14.6. The molecule has 1 atom stereocenters. The Morgan fingerprint density at radius 3 is 2.11 bits per heavy atom. The Morgan fingerprint density at radius 1 is 1.22 bits per heavy atom. The van der Waals surface area contributed by atoms with Crippen LogP contribution in [0.3, 0.4) is 0 Å². The quantitative estimate of drug-likeness (QED) is 0.593. The second-order valence-electron chi connectivity index (χ2n) is 3.97. The Bertz CT molecular complexity index is 442. The van der Waals surface area contributed by atoms with E-state index < -0.39 is 11.9 Å². The van der Waals surface area contributed by atoms with Crippen LogP contribution in [0.15, 0.2) is 18.2 Å². The zero-order chi connectivity index (χ0) is 13.1. The van der Waals surface area contributed by atoms with E-state index in [-0.39, 0.29) is 6.10 Å². The van der Waals surface area contributed by atoms with Gasteiger partial charge in [0.05, 0.1) is 38.1 Å². The molecule has 0 radical (unpaired) electrons. The first kappa shape index (κ1) is 12.6. The fourth-order valence-corrected chi connectivity index (χ4v) is 1.82. The molecule has 0 saturated carbocycles. The third-order valence-electron chi connectivity index (χ3n) is 2.82. The minimum absolute atomic E-state index is 0.0687. The number of carbonyl (C=O) groups excluding carboxylic acids is 2. The number of benzene rings is 1. The molecule has 18 heavy (non-hydrogen) atoms. The average molecular weight is 250 g/mol. The Morgan fingerprint density at radius 2 is 1.72 bits per heavy atom. The van der Waals surface area contributed by atoms with Crippen LogP contribution in [0.25, 0.3) is 0 Å². The highest BCUT2D eigenvalue weighted by atomic mass is 16.6. The first-order valence-corrected chi connectivity index (χ1v) is 5.57. The van der Waals surface area contributed by atoms with Crippen LogP contribution in [0.4, 0.5) is 0 Å². The molecule has 1 saturated heterocycles. The van der Waals surface area contributed by atoms with Gasteiger partial charge in [0.15, 0.2) is 0 Å². The summed E-state index contributed by atoms with van der Waals surface area (Å²) in [5, 5.41) is 0. The van der Waals surface area contributed by atoms with Crippen LogP contribution in [0, 0.1) is 0 Å². The third-order valence-corrected chi connectivity index (χ3v) is 2.82. The van der Waals surface area contributed by atoms with Crippen molar-refractivity contribution in [3.8, 4) is 0 Å².